The molecule has 0 radical (unpaired) electrons. The van der Waals surface area contributed by atoms with Gasteiger partial charge in [0.25, 0.3) is 0 Å². The van der Waals surface area contributed by atoms with Crippen LogP contribution in [0.25, 0.3) is 0 Å². The lowest BCUT2D eigenvalue weighted by atomic mass is 10.2. The summed E-state index contributed by atoms with van der Waals surface area (Å²) in [7, 11) is -1.98. The zero-order valence-electron chi connectivity index (χ0n) is 14.2. The minimum Gasteiger partial charge on any atom is -0.357 e. The fourth-order valence-corrected chi connectivity index (χ4v) is 4.35. The van der Waals surface area contributed by atoms with Gasteiger partial charge in [-0.3, -0.25) is 0 Å². The first kappa shape index (κ1) is 19.1. The minimum atomic E-state index is -3.39. The van der Waals surface area contributed by atoms with Crippen molar-refractivity contribution < 1.29 is 8.42 Å². The zero-order valence-corrected chi connectivity index (χ0v) is 15.8. The van der Waals surface area contributed by atoms with Crippen LogP contribution in [0.2, 0.25) is 0 Å². The highest BCUT2D eigenvalue weighted by molar-refractivity contribution is 8.00. The average Bonchev–Trinajstić information content (AvgIpc) is 3.11. The standard InChI is InChI=1S/C16H26N4O2S2/c1-3-18-16(20-12-14-5-4-10-23-14)19-11-13-6-8-15(9-7-13)24(21,22)17-2/h6-9,14,17H,3-5,10-12H2,1-2H3,(H2,18,19,20). The molecule has 8 heteroatoms. The van der Waals surface area contributed by atoms with Crippen molar-refractivity contribution in [3.8, 4) is 0 Å². The lowest BCUT2D eigenvalue weighted by molar-refractivity contribution is 0.588. The van der Waals surface area contributed by atoms with Gasteiger partial charge < -0.3 is 10.6 Å². The summed E-state index contributed by atoms with van der Waals surface area (Å²) in [5.41, 5.74) is 0.970. The molecule has 2 rings (SSSR count). The second-order valence-corrected chi connectivity index (χ2v) is 8.86. The normalized spacial score (nSPS) is 18.6. The Morgan fingerprint density at radius 3 is 2.62 bits per heavy atom. The maximum atomic E-state index is 11.7. The number of thioether (sulfide) groups is 1. The van der Waals surface area contributed by atoms with Crippen LogP contribution in [0.1, 0.15) is 25.3 Å². The maximum absolute atomic E-state index is 11.7. The van der Waals surface area contributed by atoms with Crippen LogP contribution in [0, 0.1) is 0 Å². The summed E-state index contributed by atoms with van der Waals surface area (Å²) in [4.78, 5) is 4.84. The molecule has 24 heavy (non-hydrogen) atoms. The van der Waals surface area contributed by atoms with Gasteiger partial charge >= 0.3 is 0 Å². The Bertz CT molecular complexity index is 639. The van der Waals surface area contributed by atoms with Gasteiger partial charge in [0.2, 0.25) is 10.0 Å². The topological polar surface area (TPSA) is 82.6 Å². The minimum absolute atomic E-state index is 0.265. The molecule has 0 aromatic heterocycles. The third kappa shape index (κ3) is 5.68. The molecule has 1 fully saturated rings. The van der Waals surface area contributed by atoms with Gasteiger partial charge in [-0.1, -0.05) is 12.1 Å². The van der Waals surface area contributed by atoms with E-state index in [1.807, 2.05) is 18.7 Å². The molecule has 0 aliphatic carbocycles. The molecule has 134 valence electrons. The van der Waals surface area contributed by atoms with Crippen molar-refractivity contribution in [3.05, 3.63) is 29.8 Å². The lowest BCUT2D eigenvalue weighted by Gasteiger charge is -2.14. The molecule has 3 N–H and O–H groups in total. The van der Waals surface area contributed by atoms with Gasteiger partial charge in [0.05, 0.1) is 11.4 Å². The number of aliphatic imine (C=N–C) groups is 1. The summed E-state index contributed by atoms with van der Waals surface area (Å²) < 4.78 is 25.7. The summed E-state index contributed by atoms with van der Waals surface area (Å²) >= 11 is 2.01. The van der Waals surface area contributed by atoms with Crippen molar-refractivity contribution in [3.63, 3.8) is 0 Å². The Morgan fingerprint density at radius 1 is 1.29 bits per heavy atom. The highest BCUT2D eigenvalue weighted by atomic mass is 32.2. The molecule has 0 spiro atoms. The van der Waals surface area contributed by atoms with Gasteiger partial charge in [-0.25, -0.2) is 18.1 Å². The number of hydrogen-bond acceptors (Lipinski definition) is 4. The van der Waals surface area contributed by atoms with E-state index in [0.717, 1.165) is 24.6 Å². The van der Waals surface area contributed by atoms with Crippen molar-refractivity contribution >= 4 is 27.7 Å². The number of guanidine groups is 1. The molecule has 1 aliphatic heterocycles. The van der Waals surface area contributed by atoms with Gasteiger partial charge in [0, 0.05) is 18.3 Å². The van der Waals surface area contributed by atoms with Crippen LogP contribution in [0.4, 0.5) is 0 Å². The lowest BCUT2D eigenvalue weighted by Crippen LogP contribution is -2.40. The Hall–Kier alpha value is -1.25. The Labute approximate surface area is 149 Å². The SMILES string of the molecule is CCNC(=NCc1ccc(S(=O)(=O)NC)cc1)NCC1CCCS1. The first-order valence-corrected chi connectivity index (χ1v) is 10.7. The molecule has 1 heterocycles. The monoisotopic (exact) mass is 370 g/mol. The molecule has 1 aromatic carbocycles. The number of benzene rings is 1. The largest absolute Gasteiger partial charge is 0.357 e. The number of sulfonamides is 1. The van der Waals surface area contributed by atoms with Crippen LogP contribution < -0.4 is 15.4 Å². The number of nitrogens with zero attached hydrogens (tertiary/aromatic N) is 1. The average molecular weight is 371 g/mol. The number of hydrogen-bond donors (Lipinski definition) is 3. The van der Waals surface area contributed by atoms with E-state index in [2.05, 4.69) is 20.3 Å². The van der Waals surface area contributed by atoms with Crippen molar-refractivity contribution in [2.75, 3.05) is 25.9 Å². The predicted octanol–water partition coefficient (Wildman–Crippen LogP) is 1.55. The molecule has 1 atom stereocenters. The van der Waals surface area contributed by atoms with E-state index in [-0.39, 0.29) is 4.90 Å². The molecule has 1 aliphatic rings. The maximum Gasteiger partial charge on any atom is 0.240 e. The van der Waals surface area contributed by atoms with Crippen LogP contribution >= 0.6 is 11.8 Å². The van der Waals surface area contributed by atoms with Gasteiger partial charge in [-0.05, 0) is 50.3 Å². The smallest absolute Gasteiger partial charge is 0.240 e. The molecule has 1 saturated heterocycles. The van der Waals surface area contributed by atoms with Gasteiger partial charge in [0.15, 0.2) is 5.96 Å². The van der Waals surface area contributed by atoms with Crippen LogP contribution in [-0.4, -0.2) is 45.5 Å². The summed E-state index contributed by atoms with van der Waals surface area (Å²) in [6.07, 6.45) is 2.56. The van der Waals surface area contributed by atoms with Crippen molar-refractivity contribution in [2.45, 2.75) is 36.5 Å². The molecule has 0 bridgehead atoms. The van der Waals surface area contributed by atoms with Crippen LogP contribution in [-0.2, 0) is 16.6 Å². The fraction of sp³-hybridized carbons (Fsp3) is 0.562. The first-order chi connectivity index (χ1) is 11.5. The number of rotatable bonds is 7. The van der Waals surface area contributed by atoms with E-state index in [0.29, 0.717) is 11.8 Å². The van der Waals surface area contributed by atoms with Gasteiger partial charge in [-0.15, -0.1) is 0 Å². The van der Waals surface area contributed by atoms with Crippen LogP contribution in [0.15, 0.2) is 34.2 Å². The summed E-state index contributed by atoms with van der Waals surface area (Å²) in [5.74, 6) is 2.05. The molecule has 1 unspecified atom stereocenters. The van der Waals surface area contributed by atoms with E-state index in [1.165, 1.54) is 25.6 Å². The van der Waals surface area contributed by atoms with Gasteiger partial charge in [-0.2, -0.15) is 11.8 Å². The van der Waals surface area contributed by atoms with Crippen LogP contribution in [0.3, 0.4) is 0 Å². The van der Waals surface area contributed by atoms with E-state index in [4.69, 9.17) is 0 Å². The molecule has 0 saturated carbocycles. The van der Waals surface area contributed by atoms with Gasteiger partial charge in [0.1, 0.15) is 0 Å². The van der Waals surface area contributed by atoms with Crippen molar-refractivity contribution in [2.24, 2.45) is 4.99 Å². The van der Waals surface area contributed by atoms with E-state index in [9.17, 15) is 8.42 Å². The molecule has 1 aromatic rings. The Balaban J connectivity index is 1.94. The summed E-state index contributed by atoms with van der Waals surface area (Å²) in [5, 5.41) is 7.30. The molecule has 0 amide bonds. The molecular formula is C16H26N4O2S2. The highest BCUT2D eigenvalue weighted by Crippen LogP contribution is 2.25. The van der Waals surface area contributed by atoms with E-state index in [1.54, 1.807) is 24.3 Å². The third-order valence-electron chi connectivity index (χ3n) is 3.79. The summed E-state index contributed by atoms with van der Waals surface area (Å²) in [6, 6.07) is 6.80. The number of nitrogens with one attached hydrogen (secondary N) is 3. The first-order valence-electron chi connectivity index (χ1n) is 8.21. The van der Waals surface area contributed by atoms with Crippen molar-refractivity contribution in [1.29, 1.82) is 0 Å². The zero-order chi connectivity index (χ0) is 17.4. The second kappa shape index (κ2) is 9.29. The highest BCUT2D eigenvalue weighted by Gasteiger charge is 2.15. The third-order valence-corrected chi connectivity index (χ3v) is 6.62. The van der Waals surface area contributed by atoms with E-state index >= 15 is 0 Å². The second-order valence-electron chi connectivity index (χ2n) is 5.56. The Kier molecular flexibility index (Phi) is 7.39. The predicted molar refractivity (Wildman–Crippen MR) is 101 cm³/mol. The fourth-order valence-electron chi connectivity index (χ4n) is 2.42. The Morgan fingerprint density at radius 2 is 2.04 bits per heavy atom. The quantitative estimate of drug-likeness (QED) is 0.501. The van der Waals surface area contributed by atoms with Crippen molar-refractivity contribution in [1.82, 2.24) is 15.4 Å². The van der Waals surface area contributed by atoms with Crippen LogP contribution in [0.5, 0.6) is 0 Å². The molecule has 6 nitrogen and oxygen atoms in total. The summed E-state index contributed by atoms with van der Waals surface area (Å²) in [6.45, 7) is 4.28. The molecular weight excluding hydrogens is 344 g/mol. The van der Waals surface area contributed by atoms with E-state index < -0.39 is 10.0 Å².